The molecule has 1 fully saturated rings. The molecule has 0 radical (unpaired) electrons. The Morgan fingerprint density at radius 2 is 2.07 bits per heavy atom. The van der Waals surface area contributed by atoms with Gasteiger partial charge in [0.2, 0.25) is 0 Å². The smallest absolute Gasteiger partial charge is 0.312 e. The molecular formula is C12H22O3. The molecule has 1 rings (SSSR count). The molecule has 3 nitrogen and oxygen atoms in total. The van der Waals surface area contributed by atoms with Crippen LogP contribution >= 0.6 is 0 Å². The van der Waals surface area contributed by atoms with Crippen LogP contribution in [-0.2, 0) is 9.53 Å². The average molecular weight is 214 g/mol. The lowest BCUT2D eigenvalue weighted by Crippen LogP contribution is -2.45. The van der Waals surface area contributed by atoms with E-state index in [0.29, 0.717) is 6.61 Å². The maximum atomic E-state index is 11.8. The Balaban J connectivity index is 2.76. The lowest BCUT2D eigenvalue weighted by atomic mass is 9.78. The number of hydrogen-bond donors (Lipinski definition) is 1. The molecule has 1 aliphatic carbocycles. The Labute approximate surface area is 91.8 Å². The van der Waals surface area contributed by atoms with Crippen molar-refractivity contribution in [1.82, 2.24) is 0 Å². The third-order valence-electron chi connectivity index (χ3n) is 3.24. The Kier molecular flexibility index (Phi) is 3.77. The molecule has 15 heavy (non-hydrogen) atoms. The van der Waals surface area contributed by atoms with E-state index >= 15 is 0 Å². The first kappa shape index (κ1) is 12.5. The fourth-order valence-corrected chi connectivity index (χ4v) is 2.34. The SMILES string of the molecule is CCOC(=O)C(C(C)C)C(C)(O)C1CC1. The molecule has 1 N–H and O–H groups in total. The summed E-state index contributed by atoms with van der Waals surface area (Å²) in [4.78, 5) is 11.8. The first-order valence-corrected chi connectivity index (χ1v) is 5.80. The second-order valence-corrected chi connectivity index (χ2v) is 4.97. The quantitative estimate of drug-likeness (QED) is 0.712. The van der Waals surface area contributed by atoms with Crippen molar-refractivity contribution in [2.45, 2.75) is 46.1 Å². The van der Waals surface area contributed by atoms with Crippen molar-refractivity contribution >= 4 is 5.97 Å². The number of ether oxygens (including phenoxy) is 1. The number of carbonyl (C=O) groups excluding carboxylic acids is 1. The van der Waals surface area contributed by atoms with E-state index in [1.54, 1.807) is 13.8 Å². The second-order valence-electron chi connectivity index (χ2n) is 4.97. The van der Waals surface area contributed by atoms with E-state index in [2.05, 4.69) is 0 Å². The predicted octanol–water partition coefficient (Wildman–Crippen LogP) is 1.98. The Morgan fingerprint density at radius 3 is 2.40 bits per heavy atom. The average Bonchev–Trinajstić information content (AvgIpc) is 2.84. The third-order valence-corrected chi connectivity index (χ3v) is 3.24. The molecule has 0 spiro atoms. The molecule has 3 heteroatoms. The van der Waals surface area contributed by atoms with Gasteiger partial charge in [0.15, 0.2) is 0 Å². The summed E-state index contributed by atoms with van der Waals surface area (Å²) >= 11 is 0. The van der Waals surface area contributed by atoms with Gasteiger partial charge in [0.05, 0.1) is 18.1 Å². The molecule has 1 aliphatic rings. The van der Waals surface area contributed by atoms with Gasteiger partial charge in [-0.1, -0.05) is 13.8 Å². The van der Waals surface area contributed by atoms with Gasteiger partial charge < -0.3 is 9.84 Å². The van der Waals surface area contributed by atoms with Gasteiger partial charge >= 0.3 is 5.97 Å². The first-order chi connectivity index (χ1) is 6.91. The third kappa shape index (κ3) is 2.71. The Hall–Kier alpha value is -0.570. The standard InChI is InChI=1S/C12H22O3/c1-5-15-11(13)10(8(2)3)12(4,14)9-6-7-9/h8-10,14H,5-7H2,1-4H3. The van der Waals surface area contributed by atoms with Crippen LogP contribution in [0.25, 0.3) is 0 Å². The minimum Gasteiger partial charge on any atom is -0.466 e. The molecule has 0 heterocycles. The van der Waals surface area contributed by atoms with Crippen molar-refractivity contribution in [2.24, 2.45) is 17.8 Å². The van der Waals surface area contributed by atoms with Gasteiger partial charge in [0.25, 0.3) is 0 Å². The summed E-state index contributed by atoms with van der Waals surface area (Å²) in [5, 5.41) is 10.4. The summed E-state index contributed by atoms with van der Waals surface area (Å²) < 4.78 is 5.03. The molecule has 0 bridgehead atoms. The van der Waals surface area contributed by atoms with Gasteiger partial charge in [-0.05, 0) is 38.5 Å². The van der Waals surface area contributed by atoms with Crippen LogP contribution in [0.4, 0.5) is 0 Å². The summed E-state index contributed by atoms with van der Waals surface area (Å²) in [6.07, 6.45) is 2.05. The van der Waals surface area contributed by atoms with Gasteiger partial charge in [-0.2, -0.15) is 0 Å². The molecule has 0 aromatic carbocycles. The minimum atomic E-state index is -0.902. The first-order valence-electron chi connectivity index (χ1n) is 5.80. The van der Waals surface area contributed by atoms with Crippen molar-refractivity contribution in [3.05, 3.63) is 0 Å². The maximum Gasteiger partial charge on any atom is 0.312 e. The van der Waals surface area contributed by atoms with Crippen molar-refractivity contribution in [3.63, 3.8) is 0 Å². The van der Waals surface area contributed by atoms with E-state index in [-0.39, 0.29) is 17.8 Å². The van der Waals surface area contributed by atoms with Crippen LogP contribution in [-0.4, -0.2) is 23.3 Å². The molecule has 88 valence electrons. The van der Waals surface area contributed by atoms with Crippen LogP contribution in [0.3, 0.4) is 0 Å². The number of aliphatic hydroxyl groups is 1. The van der Waals surface area contributed by atoms with Crippen molar-refractivity contribution in [2.75, 3.05) is 6.61 Å². The van der Waals surface area contributed by atoms with Gasteiger partial charge in [0, 0.05) is 0 Å². The Morgan fingerprint density at radius 1 is 1.53 bits per heavy atom. The highest BCUT2D eigenvalue weighted by Crippen LogP contribution is 2.45. The van der Waals surface area contributed by atoms with Crippen LogP contribution in [0.1, 0.15) is 40.5 Å². The van der Waals surface area contributed by atoms with Gasteiger partial charge in [-0.25, -0.2) is 0 Å². The molecule has 1 saturated carbocycles. The molecule has 0 aromatic rings. The molecule has 2 unspecified atom stereocenters. The Bertz CT molecular complexity index is 229. The molecule has 2 atom stereocenters. The van der Waals surface area contributed by atoms with Gasteiger partial charge in [-0.3, -0.25) is 4.79 Å². The highest BCUT2D eigenvalue weighted by Gasteiger charge is 2.50. The van der Waals surface area contributed by atoms with E-state index in [9.17, 15) is 9.90 Å². The highest BCUT2D eigenvalue weighted by atomic mass is 16.5. The summed E-state index contributed by atoms with van der Waals surface area (Å²) in [6.45, 7) is 7.85. The van der Waals surface area contributed by atoms with E-state index < -0.39 is 11.5 Å². The molecule has 0 aliphatic heterocycles. The maximum absolute atomic E-state index is 11.8. The predicted molar refractivity (Wildman–Crippen MR) is 58.3 cm³/mol. The zero-order chi connectivity index (χ0) is 11.6. The minimum absolute atomic E-state index is 0.111. The number of esters is 1. The van der Waals surface area contributed by atoms with Gasteiger partial charge in [-0.15, -0.1) is 0 Å². The van der Waals surface area contributed by atoms with Crippen LogP contribution in [0, 0.1) is 17.8 Å². The normalized spacial score (nSPS) is 22.3. The fraction of sp³-hybridized carbons (Fsp3) is 0.917. The summed E-state index contributed by atoms with van der Waals surface area (Å²) in [7, 11) is 0. The van der Waals surface area contributed by atoms with E-state index in [1.807, 2.05) is 13.8 Å². The van der Waals surface area contributed by atoms with Gasteiger partial charge in [0.1, 0.15) is 0 Å². The van der Waals surface area contributed by atoms with Crippen LogP contribution in [0.15, 0.2) is 0 Å². The summed E-state index contributed by atoms with van der Waals surface area (Å²) in [6, 6.07) is 0. The summed E-state index contributed by atoms with van der Waals surface area (Å²) in [5.74, 6) is -0.275. The summed E-state index contributed by atoms with van der Waals surface area (Å²) in [5.41, 5.74) is -0.902. The number of carbonyl (C=O) groups is 1. The zero-order valence-electron chi connectivity index (χ0n) is 10.1. The lowest BCUT2D eigenvalue weighted by Gasteiger charge is -2.34. The van der Waals surface area contributed by atoms with Crippen LogP contribution in [0.2, 0.25) is 0 Å². The molecular weight excluding hydrogens is 192 g/mol. The number of hydrogen-bond acceptors (Lipinski definition) is 3. The van der Waals surface area contributed by atoms with Crippen LogP contribution < -0.4 is 0 Å². The van der Waals surface area contributed by atoms with E-state index in [0.717, 1.165) is 12.8 Å². The topological polar surface area (TPSA) is 46.5 Å². The molecule has 0 saturated heterocycles. The zero-order valence-corrected chi connectivity index (χ0v) is 10.1. The fourth-order valence-electron chi connectivity index (χ4n) is 2.34. The van der Waals surface area contributed by atoms with Crippen molar-refractivity contribution < 1.29 is 14.6 Å². The number of rotatable bonds is 5. The van der Waals surface area contributed by atoms with E-state index in [4.69, 9.17) is 4.74 Å². The lowest BCUT2D eigenvalue weighted by molar-refractivity contribution is -0.162. The highest BCUT2D eigenvalue weighted by molar-refractivity contribution is 5.74. The van der Waals surface area contributed by atoms with Crippen molar-refractivity contribution in [1.29, 1.82) is 0 Å². The second kappa shape index (κ2) is 4.52. The van der Waals surface area contributed by atoms with E-state index in [1.165, 1.54) is 0 Å². The monoisotopic (exact) mass is 214 g/mol. The van der Waals surface area contributed by atoms with Crippen molar-refractivity contribution in [3.8, 4) is 0 Å². The molecule has 0 aromatic heterocycles. The molecule has 0 amide bonds. The largest absolute Gasteiger partial charge is 0.466 e. The van der Waals surface area contributed by atoms with Crippen LogP contribution in [0.5, 0.6) is 0 Å².